The number of allylic oxidation sites excluding steroid dienone is 2. The molecule has 4 rings (SSSR count). The van der Waals surface area contributed by atoms with Gasteiger partial charge in [-0.2, -0.15) is 0 Å². The second-order valence-electron chi connectivity index (χ2n) is 12.7. The Bertz CT molecular complexity index is 607. The van der Waals surface area contributed by atoms with Crippen LogP contribution in [-0.4, -0.2) is 11.2 Å². The van der Waals surface area contributed by atoms with Gasteiger partial charge in [0.25, 0.3) is 0 Å². The van der Waals surface area contributed by atoms with Crippen LogP contribution in [0.2, 0.25) is 0 Å². The monoisotopic (exact) mass is 400 g/mol. The predicted molar refractivity (Wildman–Crippen MR) is 124 cm³/mol. The predicted octanol–water partition coefficient (Wildman–Crippen LogP) is 7.49. The van der Waals surface area contributed by atoms with Gasteiger partial charge in [-0.05, 0) is 116 Å². The van der Waals surface area contributed by atoms with Crippen molar-refractivity contribution in [1.82, 2.24) is 0 Å². The van der Waals surface area contributed by atoms with Crippen molar-refractivity contribution in [2.75, 3.05) is 0 Å². The summed E-state index contributed by atoms with van der Waals surface area (Å²) in [6.07, 6.45) is 17.1. The van der Waals surface area contributed by atoms with Crippen molar-refractivity contribution in [3.8, 4) is 0 Å². The Morgan fingerprint density at radius 2 is 1.48 bits per heavy atom. The lowest BCUT2D eigenvalue weighted by Crippen LogP contribution is -2.54. The maximum atomic E-state index is 10.3. The molecule has 1 heteroatoms. The third-order valence-electron chi connectivity index (χ3n) is 11.1. The summed E-state index contributed by atoms with van der Waals surface area (Å²) in [5.74, 6) is 6.66. The average Bonchev–Trinajstić information content (AvgIpc) is 3.03. The van der Waals surface area contributed by atoms with E-state index in [0.29, 0.717) is 16.7 Å². The van der Waals surface area contributed by atoms with Gasteiger partial charge in [0.15, 0.2) is 0 Å². The van der Waals surface area contributed by atoms with E-state index in [9.17, 15) is 5.11 Å². The van der Waals surface area contributed by atoms with Crippen LogP contribution in [-0.2, 0) is 0 Å². The fourth-order valence-electron chi connectivity index (χ4n) is 8.85. The highest BCUT2D eigenvalue weighted by Gasteiger charge is 2.60. The molecule has 0 aromatic carbocycles. The molecule has 4 aliphatic carbocycles. The molecule has 0 aromatic heterocycles. The minimum Gasteiger partial charge on any atom is -0.393 e. The maximum absolute atomic E-state index is 10.3. The largest absolute Gasteiger partial charge is 0.393 e. The molecule has 0 radical (unpaired) electrons. The highest BCUT2D eigenvalue weighted by molar-refractivity contribution is 5.11. The SMILES string of the molecule is CC(C)[C@@H](C)/C=C/[C@@H](C)[C@H]1CC[C@H]2[C@@H]3CC[C@H]4C[C@H](O)CC[C@]4(C)[C@H]3CC[C@]12C. The van der Waals surface area contributed by atoms with Crippen LogP contribution >= 0.6 is 0 Å². The number of hydrogen-bond donors (Lipinski definition) is 1. The molecule has 166 valence electrons. The van der Waals surface area contributed by atoms with Crippen molar-refractivity contribution >= 4 is 0 Å². The van der Waals surface area contributed by atoms with Crippen LogP contribution in [0, 0.1) is 58.2 Å². The Labute approximate surface area is 181 Å². The smallest absolute Gasteiger partial charge is 0.0543 e. The van der Waals surface area contributed by atoms with Gasteiger partial charge in [-0.25, -0.2) is 0 Å². The molecule has 0 bridgehead atoms. The first-order valence-electron chi connectivity index (χ1n) is 13.0. The Balaban J connectivity index is 1.50. The second-order valence-corrected chi connectivity index (χ2v) is 12.7. The first-order chi connectivity index (χ1) is 13.7. The molecule has 0 amide bonds. The summed E-state index contributed by atoms with van der Waals surface area (Å²) in [7, 11) is 0. The molecule has 0 aromatic rings. The Morgan fingerprint density at radius 3 is 2.21 bits per heavy atom. The van der Waals surface area contributed by atoms with Crippen LogP contribution < -0.4 is 0 Å². The number of hydrogen-bond acceptors (Lipinski definition) is 1. The molecule has 1 nitrogen and oxygen atoms in total. The van der Waals surface area contributed by atoms with Gasteiger partial charge in [0, 0.05) is 0 Å². The topological polar surface area (TPSA) is 20.2 Å². The van der Waals surface area contributed by atoms with Crippen molar-refractivity contribution in [3.63, 3.8) is 0 Å². The summed E-state index contributed by atoms with van der Waals surface area (Å²) in [6, 6.07) is 0. The van der Waals surface area contributed by atoms with Gasteiger partial charge >= 0.3 is 0 Å². The van der Waals surface area contributed by atoms with E-state index in [-0.39, 0.29) is 6.10 Å². The zero-order valence-corrected chi connectivity index (χ0v) is 20.2. The van der Waals surface area contributed by atoms with E-state index in [0.717, 1.165) is 54.3 Å². The molecular weight excluding hydrogens is 352 g/mol. The van der Waals surface area contributed by atoms with Crippen LogP contribution in [0.5, 0.6) is 0 Å². The van der Waals surface area contributed by atoms with Crippen LogP contribution in [0.4, 0.5) is 0 Å². The summed E-state index contributed by atoms with van der Waals surface area (Å²) in [6.45, 7) is 14.9. The summed E-state index contributed by atoms with van der Waals surface area (Å²) >= 11 is 0. The van der Waals surface area contributed by atoms with Crippen LogP contribution in [0.3, 0.4) is 0 Å². The zero-order chi connectivity index (χ0) is 21.0. The van der Waals surface area contributed by atoms with E-state index >= 15 is 0 Å². The minimum atomic E-state index is -0.0183. The second kappa shape index (κ2) is 7.99. The fourth-order valence-corrected chi connectivity index (χ4v) is 8.85. The highest BCUT2D eigenvalue weighted by atomic mass is 16.3. The molecule has 4 fully saturated rings. The Kier molecular flexibility index (Phi) is 6.04. The lowest BCUT2D eigenvalue weighted by Gasteiger charge is -2.61. The van der Waals surface area contributed by atoms with Gasteiger partial charge in [-0.1, -0.05) is 53.7 Å². The lowest BCUT2D eigenvalue weighted by molar-refractivity contribution is -0.128. The summed E-state index contributed by atoms with van der Waals surface area (Å²) in [4.78, 5) is 0. The summed E-state index contributed by atoms with van der Waals surface area (Å²) in [5.41, 5.74) is 1.07. The van der Waals surface area contributed by atoms with Crippen molar-refractivity contribution < 1.29 is 5.11 Å². The number of aliphatic hydroxyl groups is 1. The zero-order valence-electron chi connectivity index (χ0n) is 20.2. The van der Waals surface area contributed by atoms with Crippen LogP contribution in [0.15, 0.2) is 12.2 Å². The maximum Gasteiger partial charge on any atom is 0.0543 e. The lowest BCUT2D eigenvalue weighted by atomic mass is 9.44. The van der Waals surface area contributed by atoms with Gasteiger partial charge in [0.2, 0.25) is 0 Å². The van der Waals surface area contributed by atoms with Gasteiger partial charge in [-0.3, -0.25) is 0 Å². The third kappa shape index (κ3) is 3.66. The standard InChI is InChI=1S/C28H48O/c1-18(2)19(3)7-8-20(4)24-11-12-25-23-10-9-21-17-22(29)13-15-27(21,5)26(23)14-16-28(24,25)6/h7-8,18-26,29H,9-17H2,1-6H3/b8-7+/t19-,20+,21-,22+,23-,24+,25-,26-,27-,28+/m0/s1. The Hall–Kier alpha value is -0.300. The molecule has 1 N–H and O–H groups in total. The van der Waals surface area contributed by atoms with E-state index in [1.54, 1.807) is 0 Å². The molecule has 0 aliphatic heterocycles. The molecule has 4 saturated carbocycles. The molecule has 0 unspecified atom stereocenters. The van der Waals surface area contributed by atoms with E-state index < -0.39 is 0 Å². The third-order valence-corrected chi connectivity index (χ3v) is 11.1. The highest BCUT2D eigenvalue weighted by Crippen LogP contribution is 2.68. The van der Waals surface area contributed by atoms with Crippen molar-refractivity contribution in [3.05, 3.63) is 12.2 Å². The number of aliphatic hydroxyl groups excluding tert-OH is 1. The molecule has 0 heterocycles. The van der Waals surface area contributed by atoms with Crippen LogP contribution in [0.1, 0.15) is 99.3 Å². The summed E-state index contributed by atoms with van der Waals surface area (Å²) < 4.78 is 0. The van der Waals surface area contributed by atoms with E-state index in [2.05, 4.69) is 53.7 Å². The van der Waals surface area contributed by atoms with E-state index in [1.807, 2.05) is 0 Å². The minimum absolute atomic E-state index is 0.0183. The molecule has 0 saturated heterocycles. The molecule has 4 aliphatic rings. The number of fused-ring (bicyclic) bond motifs is 5. The van der Waals surface area contributed by atoms with Crippen molar-refractivity contribution in [2.24, 2.45) is 58.2 Å². The normalized spacial score (nSPS) is 49.5. The van der Waals surface area contributed by atoms with Crippen molar-refractivity contribution in [2.45, 2.75) is 105 Å². The first kappa shape index (κ1) is 21.9. The average molecular weight is 401 g/mol. The molecule has 10 atom stereocenters. The quantitative estimate of drug-likeness (QED) is 0.485. The molecular formula is C28H48O. The first-order valence-corrected chi connectivity index (χ1v) is 13.0. The van der Waals surface area contributed by atoms with Gasteiger partial charge in [0.1, 0.15) is 0 Å². The number of rotatable bonds is 4. The van der Waals surface area contributed by atoms with Gasteiger partial charge in [-0.15, -0.1) is 0 Å². The Morgan fingerprint density at radius 1 is 0.793 bits per heavy atom. The van der Waals surface area contributed by atoms with Crippen molar-refractivity contribution in [1.29, 1.82) is 0 Å². The van der Waals surface area contributed by atoms with Gasteiger partial charge < -0.3 is 5.11 Å². The van der Waals surface area contributed by atoms with E-state index in [4.69, 9.17) is 0 Å². The summed E-state index contributed by atoms with van der Waals surface area (Å²) in [5, 5.41) is 10.3. The van der Waals surface area contributed by atoms with Crippen LogP contribution in [0.25, 0.3) is 0 Å². The molecule has 0 spiro atoms. The van der Waals surface area contributed by atoms with Gasteiger partial charge in [0.05, 0.1) is 6.10 Å². The molecule has 29 heavy (non-hydrogen) atoms. The fraction of sp³-hybridized carbons (Fsp3) is 0.929. The van der Waals surface area contributed by atoms with E-state index in [1.165, 1.54) is 44.9 Å².